The molecule has 98 valence electrons. The zero-order valence-electron chi connectivity index (χ0n) is 10.6. The third-order valence-electron chi connectivity index (χ3n) is 3.29. The summed E-state index contributed by atoms with van der Waals surface area (Å²) in [5, 5.41) is 11.9. The van der Waals surface area contributed by atoms with E-state index in [1.807, 2.05) is 6.07 Å². The fourth-order valence-corrected chi connectivity index (χ4v) is 2.18. The number of amidine groups is 1. The lowest BCUT2D eigenvalue weighted by Crippen LogP contribution is -2.47. The quantitative estimate of drug-likeness (QED) is 0.349. The number of aromatic nitrogens is 1. The van der Waals surface area contributed by atoms with Gasteiger partial charge in [-0.3, -0.25) is 0 Å². The van der Waals surface area contributed by atoms with Crippen LogP contribution >= 0.6 is 0 Å². The summed E-state index contributed by atoms with van der Waals surface area (Å²) in [6, 6.07) is 3.61. The second kappa shape index (κ2) is 5.68. The van der Waals surface area contributed by atoms with Crippen molar-refractivity contribution in [2.45, 2.75) is 6.92 Å². The van der Waals surface area contributed by atoms with Gasteiger partial charge in [0.1, 0.15) is 5.82 Å². The standard InChI is InChI=1S/C12H19N5O/c1-2-16-6-8-17(9-7-16)12-10(11(13)15-18)4-3-5-14-12/h3-5,18H,2,6-9H2,1H3,(H2,13,15). The van der Waals surface area contributed by atoms with E-state index in [1.165, 1.54) is 0 Å². The van der Waals surface area contributed by atoms with Gasteiger partial charge in [-0.05, 0) is 18.7 Å². The van der Waals surface area contributed by atoms with Crippen LogP contribution in [0.15, 0.2) is 23.5 Å². The smallest absolute Gasteiger partial charge is 0.173 e. The lowest BCUT2D eigenvalue weighted by atomic mass is 10.2. The summed E-state index contributed by atoms with van der Waals surface area (Å²) in [4.78, 5) is 8.93. The van der Waals surface area contributed by atoms with Gasteiger partial charge < -0.3 is 20.7 Å². The fourth-order valence-electron chi connectivity index (χ4n) is 2.18. The van der Waals surface area contributed by atoms with E-state index in [4.69, 9.17) is 10.9 Å². The number of piperazine rings is 1. The van der Waals surface area contributed by atoms with E-state index in [2.05, 4.69) is 26.9 Å². The summed E-state index contributed by atoms with van der Waals surface area (Å²) >= 11 is 0. The Bertz CT molecular complexity index is 426. The van der Waals surface area contributed by atoms with Crippen molar-refractivity contribution in [3.63, 3.8) is 0 Å². The first-order valence-electron chi connectivity index (χ1n) is 6.16. The first-order valence-corrected chi connectivity index (χ1v) is 6.16. The van der Waals surface area contributed by atoms with E-state index in [0.717, 1.165) is 38.5 Å². The number of anilines is 1. The topological polar surface area (TPSA) is 78.0 Å². The number of nitrogens with two attached hydrogens (primary N) is 1. The van der Waals surface area contributed by atoms with Crippen molar-refractivity contribution in [1.82, 2.24) is 9.88 Å². The molecule has 0 radical (unpaired) electrons. The van der Waals surface area contributed by atoms with Crippen molar-refractivity contribution in [3.8, 4) is 0 Å². The Morgan fingerprint density at radius 1 is 1.44 bits per heavy atom. The van der Waals surface area contributed by atoms with Crippen LogP contribution in [0.25, 0.3) is 0 Å². The number of hydrogen-bond donors (Lipinski definition) is 2. The van der Waals surface area contributed by atoms with Crippen molar-refractivity contribution in [3.05, 3.63) is 23.9 Å². The highest BCUT2D eigenvalue weighted by atomic mass is 16.4. The van der Waals surface area contributed by atoms with Crippen molar-refractivity contribution in [1.29, 1.82) is 0 Å². The normalized spacial score (nSPS) is 18.1. The van der Waals surface area contributed by atoms with Crippen LogP contribution in [0.5, 0.6) is 0 Å². The monoisotopic (exact) mass is 249 g/mol. The molecule has 0 atom stereocenters. The van der Waals surface area contributed by atoms with E-state index in [1.54, 1.807) is 12.3 Å². The minimum Gasteiger partial charge on any atom is -0.409 e. The maximum Gasteiger partial charge on any atom is 0.173 e. The predicted molar refractivity (Wildman–Crippen MR) is 71.1 cm³/mol. The zero-order chi connectivity index (χ0) is 13.0. The average Bonchev–Trinajstić information content (AvgIpc) is 2.46. The van der Waals surface area contributed by atoms with E-state index < -0.39 is 0 Å². The molecule has 2 rings (SSSR count). The first kappa shape index (κ1) is 12.6. The molecule has 3 N–H and O–H groups in total. The van der Waals surface area contributed by atoms with E-state index in [9.17, 15) is 0 Å². The molecule has 18 heavy (non-hydrogen) atoms. The van der Waals surface area contributed by atoms with Crippen molar-refractivity contribution < 1.29 is 5.21 Å². The maximum atomic E-state index is 8.80. The molecule has 1 aliphatic rings. The Kier molecular flexibility index (Phi) is 3.99. The Morgan fingerprint density at radius 2 is 2.17 bits per heavy atom. The number of pyridine rings is 1. The van der Waals surface area contributed by atoms with Crippen LogP contribution in [0, 0.1) is 0 Å². The van der Waals surface area contributed by atoms with Gasteiger partial charge in [-0.25, -0.2) is 4.98 Å². The number of hydrogen-bond acceptors (Lipinski definition) is 5. The van der Waals surface area contributed by atoms with Crippen LogP contribution in [0.4, 0.5) is 5.82 Å². The SMILES string of the molecule is CCN1CCN(c2ncccc2/C(N)=N/O)CC1. The van der Waals surface area contributed by atoms with E-state index >= 15 is 0 Å². The van der Waals surface area contributed by atoms with Gasteiger partial charge in [0.2, 0.25) is 0 Å². The third-order valence-corrected chi connectivity index (χ3v) is 3.29. The first-order chi connectivity index (χ1) is 8.76. The maximum absolute atomic E-state index is 8.80. The van der Waals surface area contributed by atoms with Crippen LogP contribution in [-0.2, 0) is 0 Å². The van der Waals surface area contributed by atoms with Gasteiger partial charge in [0, 0.05) is 32.4 Å². The zero-order valence-corrected chi connectivity index (χ0v) is 10.6. The molecule has 0 saturated carbocycles. The second-order valence-electron chi connectivity index (χ2n) is 4.28. The van der Waals surface area contributed by atoms with Gasteiger partial charge >= 0.3 is 0 Å². The third kappa shape index (κ3) is 2.53. The van der Waals surface area contributed by atoms with Gasteiger partial charge in [-0.15, -0.1) is 0 Å². The number of nitrogens with zero attached hydrogens (tertiary/aromatic N) is 4. The molecule has 0 unspecified atom stereocenters. The molecule has 2 heterocycles. The molecule has 1 aromatic rings. The molecule has 1 aromatic heterocycles. The van der Waals surface area contributed by atoms with Crippen LogP contribution in [0.2, 0.25) is 0 Å². The molecule has 1 saturated heterocycles. The Morgan fingerprint density at radius 3 is 2.78 bits per heavy atom. The lowest BCUT2D eigenvalue weighted by Gasteiger charge is -2.35. The minimum atomic E-state index is 0.107. The van der Waals surface area contributed by atoms with Gasteiger partial charge in [0.05, 0.1) is 5.56 Å². The summed E-state index contributed by atoms with van der Waals surface area (Å²) in [7, 11) is 0. The molecule has 1 fully saturated rings. The summed E-state index contributed by atoms with van der Waals surface area (Å²) in [5.41, 5.74) is 6.36. The highest BCUT2D eigenvalue weighted by Gasteiger charge is 2.20. The molecule has 6 heteroatoms. The summed E-state index contributed by atoms with van der Waals surface area (Å²) in [6.07, 6.45) is 1.73. The van der Waals surface area contributed by atoms with Crippen molar-refractivity contribution in [2.75, 3.05) is 37.6 Å². The number of rotatable bonds is 3. The van der Waals surface area contributed by atoms with E-state index in [-0.39, 0.29) is 5.84 Å². The molecule has 0 bridgehead atoms. The lowest BCUT2D eigenvalue weighted by molar-refractivity contribution is 0.270. The highest BCUT2D eigenvalue weighted by molar-refractivity contribution is 6.01. The van der Waals surface area contributed by atoms with Crippen LogP contribution in [0.1, 0.15) is 12.5 Å². The fraction of sp³-hybridized carbons (Fsp3) is 0.500. The average molecular weight is 249 g/mol. The Hall–Kier alpha value is -1.82. The number of oxime groups is 1. The molecule has 0 amide bonds. The largest absolute Gasteiger partial charge is 0.409 e. The van der Waals surface area contributed by atoms with Crippen LogP contribution in [-0.4, -0.2) is 53.7 Å². The van der Waals surface area contributed by atoms with Crippen LogP contribution < -0.4 is 10.6 Å². The molecular formula is C12H19N5O. The summed E-state index contributed by atoms with van der Waals surface area (Å²) < 4.78 is 0. The molecule has 0 aliphatic carbocycles. The minimum absolute atomic E-state index is 0.107. The van der Waals surface area contributed by atoms with Gasteiger partial charge in [-0.1, -0.05) is 12.1 Å². The molecule has 0 spiro atoms. The van der Waals surface area contributed by atoms with Gasteiger partial charge in [0.15, 0.2) is 5.84 Å². The van der Waals surface area contributed by atoms with Crippen molar-refractivity contribution >= 4 is 11.7 Å². The second-order valence-corrected chi connectivity index (χ2v) is 4.28. The molecule has 6 nitrogen and oxygen atoms in total. The molecule has 0 aromatic carbocycles. The number of likely N-dealkylation sites (N-methyl/N-ethyl adjacent to an activating group) is 1. The van der Waals surface area contributed by atoms with Crippen LogP contribution in [0.3, 0.4) is 0 Å². The summed E-state index contributed by atoms with van der Waals surface area (Å²) in [6.45, 7) is 7.10. The molecular weight excluding hydrogens is 230 g/mol. The van der Waals surface area contributed by atoms with Crippen molar-refractivity contribution in [2.24, 2.45) is 10.9 Å². The van der Waals surface area contributed by atoms with Gasteiger partial charge in [0.25, 0.3) is 0 Å². The Balaban J connectivity index is 2.19. The predicted octanol–water partition coefficient (Wildman–Crippen LogP) is 0.318. The molecule has 1 aliphatic heterocycles. The van der Waals surface area contributed by atoms with Gasteiger partial charge in [-0.2, -0.15) is 0 Å². The highest BCUT2D eigenvalue weighted by Crippen LogP contribution is 2.18. The Labute approximate surface area is 107 Å². The summed E-state index contributed by atoms with van der Waals surface area (Å²) in [5.74, 6) is 0.902. The van der Waals surface area contributed by atoms with E-state index in [0.29, 0.717) is 5.56 Å².